The highest BCUT2D eigenvalue weighted by Crippen LogP contribution is 2.34. The van der Waals surface area contributed by atoms with Crippen molar-refractivity contribution in [2.75, 3.05) is 0 Å². The second-order valence-corrected chi connectivity index (χ2v) is 10.1. The molecule has 164 valence electrons. The van der Waals surface area contributed by atoms with Crippen molar-refractivity contribution in [1.82, 2.24) is 0 Å². The van der Waals surface area contributed by atoms with Crippen molar-refractivity contribution in [2.45, 2.75) is 19.4 Å². The number of benzene rings is 4. The number of carbonyl (C=O) groups is 1. The molecule has 0 aromatic heterocycles. The maximum Gasteiger partial charge on any atom is 0.339 e. The maximum absolute atomic E-state index is 13.5. The van der Waals surface area contributed by atoms with Gasteiger partial charge in [-0.3, -0.25) is 0 Å². The molecule has 2 nitrogen and oxygen atoms in total. The van der Waals surface area contributed by atoms with E-state index in [1.807, 2.05) is 91.9 Å². The minimum atomic E-state index is -0.911. The van der Waals surface area contributed by atoms with Crippen LogP contribution in [0.25, 0.3) is 0 Å². The van der Waals surface area contributed by atoms with E-state index in [1.165, 1.54) is 10.6 Å². The van der Waals surface area contributed by atoms with E-state index < -0.39 is 7.92 Å². The summed E-state index contributed by atoms with van der Waals surface area (Å²) in [5.41, 5.74) is 2.55. The van der Waals surface area contributed by atoms with Crippen LogP contribution in [0.15, 0.2) is 127 Å². The Labute approximate surface area is 197 Å². The summed E-state index contributed by atoms with van der Waals surface area (Å²) in [6.07, 6.45) is 0.226. The number of esters is 1. The van der Waals surface area contributed by atoms with Crippen LogP contribution < -0.4 is 15.9 Å². The highest BCUT2D eigenvalue weighted by Gasteiger charge is 2.25. The van der Waals surface area contributed by atoms with Crippen molar-refractivity contribution < 1.29 is 9.53 Å². The topological polar surface area (TPSA) is 26.3 Å². The lowest BCUT2D eigenvalue weighted by molar-refractivity contribution is 0.0377. The zero-order valence-corrected chi connectivity index (χ0v) is 19.6. The summed E-state index contributed by atoms with van der Waals surface area (Å²) >= 11 is 0. The predicted octanol–water partition coefficient (Wildman–Crippen LogP) is 5.79. The van der Waals surface area contributed by atoms with E-state index in [4.69, 9.17) is 4.74 Å². The molecule has 0 radical (unpaired) electrons. The first-order chi connectivity index (χ1) is 16.1. The van der Waals surface area contributed by atoms with Crippen molar-refractivity contribution in [3.63, 3.8) is 0 Å². The van der Waals surface area contributed by atoms with Crippen LogP contribution in [-0.2, 0) is 11.2 Å². The molecule has 3 heteroatoms. The van der Waals surface area contributed by atoms with Gasteiger partial charge in [0.2, 0.25) is 0 Å². The van der Waals surface area contributed by atoms with Gasteiger partial charge in [-0.25, -0.2) is 4.79 Å². The molecule has 0 bridgehead atoms. The lowest BCUT2D eigenvalue weighted by Crippen LogP contribution is -2.28. The molecule has 0 N–H and O–H groups in total. The second kappa shape index (κ2) is 10.9. The molecule has 0 spiro atoms. The molecule has 0 saturated carbocycles. The fraction of sp³-hybridized carbons (Fsp3) is 0.100. The van der Waals surface area contributed by atoms with Crippen molar-refractivity contribution >= 4 is 29.8 Å². The van der Waals surface area contributed by atoms with E-state index in [1.54, 1.807) is 0 Å². The zero-order chi connectivity index (χ0) is 23.0. The van der Waals surface area contributed by atoms with Gasteiger partial charge in [0.15, 0.2) is 0 Å². The van der Waals surface area contributed by atoms with E-state index in [0.29, 0.717) is 12.0 Å². The highest BCUT2D eigenvalue weighted by molar-refractivity contribution is 7.80. The first kappa shape index (κ1) is 22.7. The van der Waals surface area contributed by atoms with Crippen molar-refractivity contribution in [3.8, 4) is 0 Å². The number of hydrogen-bond donors (Lipinski definition) is 0. The molecular formula is C30H27O2P. The average Bonchev–Trinajstić information content (AvgIpc) is 2.86. The minimum Gasteiger partial charge on any atom is -0.454 e. The first-order valence-corrected chi connectivity index (χ1v) is 12.4. The van der Waals surface area contributed by atoms with Crippen molar-refractivity contribution in [2.24, 2.45) is 0 Å². The Morgan fingerprint density at radius 1 is 0.758 bits per heavy atom. The molecule has 0 heterocycles. The SMILES string of the molecule is C=C(C)[C@@H](Cc1ccccc1)OC(=O)c1ccccc1P(c1ccccc1)c1ccccc1. The lowest BCUT2D eigenvalue weighted by Gasteiger charge is -2.23. The summed E-state index contributed by atoms with van der Waals surface area (Å²) in [7, 11) is -0.911. The molecule has 0 amide bonds. The standard InChI is InChI=1S/C30H27O2P/c1-23(2)28(22-24-14-6-3-7-15-24)32-30(31)27-20-12-13-21-29(27)33(25-16-8-4-9-17-25)26-18-10-5-11-19-26/h3-21,28H,1,22H2,2H3/t28-/m1/s1. The number of hydrogen-bond acceptors (Lipinski definition) is 2. The van der Waals surface area contributed by atoms with Gasteiger partial charge < -0.3 is 4.74 Å². The van der Waals surface area contributed by atoms with Gasteiger partial charge in [0.25, 0.3) is 0 Å². The van der Waals surface area contributed by atoms with Gasteiger partial charge in [-0.2, -0.15) is 0 Å². The van der Waals surface area contributed by atoms with Gasteiger partial charge in [0.05, 0.1) is 5.56 Å². The normalized spacial score (nSPS) is 11.7. The molecule has 0 aliphatic rings. The summed E-state index contributed by atoms with van der Waals surface area (Å²) in [6.45, 7) is 5.99. The average molecular weight is 451 g/mol. The molecule has 4 rings (SSSR count). The highest BCUT2D eigenvalue weighted by atomic mass is 31.1. The molecule has 1 atom stereocenters. The first-order valence-electron chi connectivity index (χ1n) is 11.0. The minimum absolute atomic E-state index is 0.311. The summed E-state index contributed by atoms with van der Waals surface area (Å²) in [6, 6.07) is 38.6. The van der Waals surface area contributed by atoms with Gasteiger partial charge in [-0.15, -0.1) is 0 Å². The second-order valence-electron chi connectivity index (χ2n) is 7.95. The van der Waals surface area contributed by atoms with Crippen LogP contribution in [0.5, 0.6) is 0 Å². The Morgan fingerprint density at radius 2 is 1.24 bits per heavy atom. The van der Waals surface area contributed by atoms with Crippen LogP contribution in [0.2, 0.25) is 0 Å². The molecule has 0 aliphatic carbocycles. The molecular weight excluding hydrogens is 423 g/mol. The van der Waals surface area contributed by atoms with E-state index in [9.17, 15) is 4.79 Å². The Kier molecular flexibility index (Phi) is 7.50. The van der Waals surface area contributed by atoms with Crippen molar-refractivity contribution in [3.05, 3.63) is 139 Å². The Hall–Kier alpha value is -3.48. The Morgan fingerprint density at radius 3 is 1.79 bits per heavy atom. The number of rotatable bonds is 8. The third-order valence-electron chi connectivity index (χ3n) is 5.46. The summed E-state index contributed by atoms with van der Waals surface area (Å²) in [5, 5.41) is 3.38. The Balaban J connectivity index is 1.69. The zero-order valence-electron chi connectivity index (χ0n) is 18.7. The molecule has 4 aromatic carbocycles. The largest absolute Gasteiger partial charge is 0.454 e. The fourth-order valence-corrected chi connectivity index (χ4v) is 6.20. The smallest absolute Gasteiger partial charge is 0.339 e. The summed E-state index contributed by atoms with van der Waals surface area (Å²) in [4.78, 5) is 13.5. The van der Waals surface area contributed by atoms with E-state index in [2.05, 4.69) is 36.9 Å². The number of ether oxygens (including phenoxy) is 1. The third kappa shape index (κ3) is 5.66. The van der Waals surface area contributed by atoms with E-state index in [-0.39, 0.29) is 12.1 Å². The van der Waals surface area contributed by atoms with Crippen LogP contribution >= 0.6 is 7.92 Å². The van der Waals surface area contributed by atoms with Gasteiger partial charge in [-0.1, -0.05) is 116 Å². The molecule has 0 unspecified atom stereocenters. The van der Waals surface area contributed by atoms with E-state index >= 15 is 0 Å². The third-order valence-corrected chi connectivity index (χ3v) is 7.96. The van der Waals surface area contributed by atoms with E-state index in [0.717, 1.165) is 16.4 Å². The van der Waals surface area contributed by atoms with Crippen LogP contribution in [0.3, 0.4) is 0 Å². The lowest BCUT2D eigenvalue weighted by atomic mass is 10.0. The molecule has 33 heavy (non-hydrogen) atoms. The summed E-state index contributed by atoms with van der Waals surface area (Å²) < 4.78 is 6.04. The summed E-state index contributed by atoms with van der Waals surface area (Å²) in [5.74, 6) is -0.311. The van der Waals surface area contributed by atoms with Gasteiger partial charge in [-0.05, 0) is 48.0 Å². The molecule has 4 aromatic rings. The fourth-order valence-electron chi connectivity index (χ4n) is 3.76. The van der Waals surface area contributed by atoms with Crippen LogP contribution in [-0.4, -0.2) is 12.1 Å². The maximum atomic E-state index is 13.5. The molecule has 0 aliphatic heterocycles. The molecule has 0 fully saturated rings. The monoisotopic (exact) mass is 450 g/mol. The number of carbonyl (C=O) groups excluding carboxylic acids is 1. The molecule has 0 saturated heterocycles. The quantitative estimate of drug-likeness (QED) is 0.193. The van der Waals surface area contributed by atoms with Crippen molar-refractivity contribution in [1.29, 1.82) is 0 Å². The predicted molar refractivity (Wildman–Crippen MR) is 139 cm³/mol. The van der Waals surface area contributed by atoms with Gasteiger partial charge >= 0.3 is 5.97 Å². The van der Waals surface area contributed by atoms with Crippen LogP contribution in [0, 0.1) is 0 Å². The van der Waals surface area contributed by atoms with Gasteiger partial charge in [0.1, 0.15) is 6.10 Å². The van der Waals surface area contributed by atoms with Crippen LogP contribution in [0.4, 0.5) is 0 Å². The Bertz CT molecular complexity index is 1160. The van der Waals surface area contributed by atoms with Gasteiger partial charge in [0, 0.05) is 6.42 Å². The van der Waals surface area contributed by atoms with Crippen LogP contribution in [0.1, 0.15) is 22.8 Å².